The van der Waals surface area contributed by atoms with Gasteiger partial charge >= 0.3 is 0 Å². The first-order valence-corrected chi connectivity index (χ1v) is 14.5. The van der Waals surface area contributed by atoms with Crippen LogP contribution in [0.25, 0.3) is 0 Å². The van der Waals surface area contributed by atoms with E-state index in [1.807, 2.05) is 12.1 Å². The molecule has 0 radical (unpaired) electrons. The van der Waals surface area contributed by atoms with Crippen LogP contribution < -0.4 is 9.62 Å². The zero-order valence-electron chi connectivity index (χ0n) is 19.8. The molecule has 2 aromatic rings. The van der Waals surface area contributed by atoms with Crippen LogP contribution in [0.2, 0.25) is 10.0 Å². The molecule has 3 heterocycles. The molecule has 0 amide bonds. The number of anilines is 2. The predicted octanol–water partition coefficient (Wildman–Crippen LogP) is 4.33. The molecule has 0 unspecified atom stereocenters. The van der Waals surface area contributed by atoms with E-state index < -0.39 is 10.0 Å². The summed E-state index contributed by atoms with van der Waals surface area (Å²) in [4.78, 5) is 11.9. The molecule has 34 heavy (non-hydrogen) atoms. The number of halogens is 2. The zero-order valence-corrected chi connectivity index (χ0v) is 22.1. The fraction of sp³-hybridized carbons (Fsp3) is 0.542. The summed E-state index contributed by atoms with van der Waals surface area (Å²) in [5.74, 6) is 0.719. The molecule has 0 spiro atoms. The normalized spacial score (nSPS) is 21.1. The van der Waals surface area contributed by atoms with E-state index in [2.05, 4.69) is 43.5 Å². The van der Waals surface area contributed by atoms with Crippen molar-refractivity contribution in [1.29, 1.82) is 0 Å². The first kappa shape index (κ1) is 25.5. The van der Waals surface area contributed by atoms with Crippen LogP contribution >= 0.6 is 23.2 Å². The Bertz CT molecular complexity index is 1080. The summed E-state index contributed by atoms with van der Waals surface area (Å²) in [6.07, 6.45) is 6.06. The van der Waals surface area contributed by atoms with Crippen LogP contribution in [0.5, 0.6) is 0 Å². The third-order valence-electron chi connectivity index (χ3n) is 6.77. The fourth-order valence-electron chi connectivity index (χ4n) is 5.10. The van der Waals surface area contributed by atoms with Crippen LogP contribution in [0.15, 0.2) is 36.5 Å². The second-order valence-corrected chi connectivity index (χ2v) is 11.9. The summed E-state index contributed by atoms with van der Waals surface area (Å²) in [7, 11) is -3.37. The van der Waals surface area contributed by atoms with Gasteiger partial charge in [0.15, 0.2) is 0 Å². The van der Waals surface area contributed by atoms with Gasteiger partial charge in [-0.1, -0.05) is 42.3 Å². The van der Waals surface area contributed by atoms with Crippen LogP contribution in [0.3, 0.4) is 0 Å². The number of pyridine rings is 1. The Hall–Kier alpha value is -1.58. The molecular formula is C24H33Cl2N5O2S. The third-order valence-corrected chi connectivity index (χ3v) is 7.91. The molecule has 4 rings (SSSR count). The summed E-state index contributed by atoms with van der Waals surface area (Å²) in [6, 6.07) is 10.8. The Morgan fingerprint density at radius 3 is 2.41 bits per heavy atom. The second kappa shape index (κ2) is 11.0. The fourth-order valence-corrected chi connectivity index (χ4v) is 6.05. The Morgan fingerprint density at radius 2 is 1.79 bits per heavy atom. The van der Waals surface area contributed by atoms with Gasteiger partial charge in [0.05, 0.1) is 23.2 Å². The molecule has 2 saturated heterocycles. The molecular weight excluding hydrogens is 493 g/mol. The van der Waals surface area contributed by atoms with Crippen LogP contribution in [0.1, 0.15) is 31.7 Å². The topological polar surface area (TPSA) is 68.8 Å². The standard InChI is InChI=1S/C24H33Cl2N5O2S/c1-3-21-17-30(24-23(26)14-20(15-27-24)28-34(2,32)33)12-13-31(21)22-8-10-29(11-9-22)16-18-4-6-19(25)7-5-18/h4-7,14-15,21-22,28H,3,8-13,16-17H2,1-2H3/t21-/m0/s1. The number of nitrogens with zero attached hydrogens (tertiary/aromatic N) is 4. The van der Waals surface area contributed by atoms with Gasteiger partial charge in [0, 0.05) is 43.3 Å². The Labute approximate surface area is 213 Å². The number of rotatable bonds is 7. The largest absolute Gasteiger partial charge is 0.353 e. The van der Waals surface area contributed by atoms with E-state index >= 15 is 0 Å². The molecule has 10 heteroatoms. The summed E-state index contributed by atoms with van der Waals surface area (Å²) in [5.41, 5.74) is 1.69. The van der Waals surface area contributed by atoms with Gasteiger partial charge in [-0.05, 0) is 56.1 Å². The second-order valence-electron chi connectivity index (χ2n) is 9.28. The molecule has 186 valence electrons. The van der Waals surface area contributed by atoms with E-state index in [1.165, 1.54) is 24.6 Å². The summed E-state index contributed by atoms with van der Waals surface area (Å²) in [5, 5.41) is 1.25. The first-order valence-electron chi connectivity index (χ1n) is 11.8. The van der Waals surface area contributed by atoms with Gasteiger partial charge in [0.25, 0.3) is 0 Å². The lowest BCUT2D eigenvalue weighted by molar-refractivity contribution is 0.0610. The summed E-state index contributed by atoms with van der Waals surface area (Å²) in [6.45, 7) is 8.12. The average Bonchev–Trinajstić information content (AvgIpc) is 2.80. The lowest BCUT2D eigenvalue weighted by atomic mass is 9.98. The van der Waals surface area contributed by atoms with E-state index in [-0.39, 0.29) is 0 Å². The average molecular weight is 527 g/mol. The van der Waals surface area contributed by atoms with E-state index in [4.69, 9.17) is 23.2 Å². The zero-order chi connectivity index (χ0) is 24.3. The van der Waals surface area contributed by atoms with Gasteiger partial charge in [-0.25, -0.2) is 13.4 Å². The molecule has 2 aliphatic heterocycles. The SMILES string of the molecule is CC[C@H]1CN(c2ncc(NS(C)(=O)=O)cc2Cl)CCN1C1CCN(Cc2ccc(Cl)cc2)CC1. The number of hydrogen-bond acceptors (Lipinski definition) is 6. The number of nitrogens with one attached hydrogen (secondary N) is 1. The molecule has 1 aromatic carbocycles. The van der Waals surface area contributed by atoms with Crippen molar-refractivity contribution in [3.8, 4) is 0 Å². The van der Waals surface area contributed by atoms with Gasteiger partial charge in [-0.15, -0.1) is 0 Å². The minimum absolute atomic E-state index is 0.382. The van der Waals surface area contributed by atoms with Crippen molar-refractivity contribution >= 4 is 44.7 Å². The maximum Gasteiger partial charge on any atom is 0.229 e. The predicted molar refractivity (Wildman–Crippen MR) is 140 cm³/mol. The molecule has 2 fully saturated rings. The monoisotopic (exact) mass is 525 g/mol. The molecule has 1 atom stereocenters. The summed E-state index contributed by atoms with van der Waals surface area (Å²) >= 11 is 12.5. The molecule has 7 nitrogen and oxygen atoms in total. The molecule has 2 aliphatic rings. The maximum absolute atomic E-state index is 11.5. The van der Waals surface area contributed by atoms with Crippen molar-refractivity contribution in [2.24, 2.45) is 0 Å². The van der Waals surface area contributed by atoms with Crippen LogP contribution in [0.4, 0.5) is 11.5 Å². The molecule has 0 saturated carbocycles. The minimum Gasteiger partial charge on any atom is -0.353 e. The smallest absolute Gasteiger partial charge is 0.229 e. The Balaban J connectivity index is 1.34. The van der Waals surface area contributed by atoms with Crippen molar-refractivity contribution in [3.63, 3.8) is 0 Å². The number of aromatic nitrogens is 1. The molecule has 1 N–H and O–H groups in total. The van der Waals surface area contributed by atoms with Crippen LogP contribution in [-0.2, 0) is 16.6 Å². The Morgan fingerprint density at radius 1 is 1.09 bits per heavy atom. The van der Waals surface area contributed by atoms with Gasteiger partial charge in [0.1, 0.15) is 5.82 Å². The van der Waals surface area contributed by atoms with E-state index in [1.54, 1.807) is 6.07 Å². The highest BCUT2D eigenvalue weighted by molar-refractivity contribution is 7.92. The van der Waals surface area contributed by atoms with Crippen LogP contribution in [-0.4, -0.2) is 74.3 Å². The number of sulfonamides is 1. The first-order chi connectivity index (χ1) is 16.2. The van der Waals surface area contributed by atoms with Crippen molar-refractivity contribution in [3.05, 3.63) is 52.1 Å². The highest BCUT2D eigenvalue weighted by atomic mass is 35.5. The van der Waals surface area contributed by atoms with E-state index in [0.29, 0.717) is 22.8 Å². The van der Waals surface area contributed by atoms with Gasteiger partial charge in [-0.2, -0.15) is 0 Å². The quantitative estimate of drug-likeness (QED) is 0.580. The van der Waals surface area contributed by atoms with Crippen molar-refractivity contribution in [2.45, 2.75) is 44.8 Å². The number of benzene rings is 1. The third kappa shape index (κ3) is 6.55. The summed E-state index contributed by atoms with van der Waals surface area (Å²) < 4.78 is 25.4. The van der Waals surface area contributed by atoms with E-state index in [0.717, 1.165) is 62.8 Å². The molecule has 1 aromatic heterocycles. The maximum atomic E-state index is 11.5. The Kier molecular flexibility index (Phi) is 8.25. The minimum atomic E-state index is -3.37. The lowest BCUT2D eigenvalue weighted by Gasteiger charge is -2.47. The van der Waals surface area contributed by atoms with E-state index in [9.17, 15) is 8.42 Å². The molecule has 0 aliphatic carbocycles. The molecule has 0 bridgehead atoms. The van der Waals surface area contributed by atoms with Gasteiger partial charge in [0.2, 0.25) is 10.0 Å². The van der Waals surface area contributed by atoms with Crippen molar-refractivity contribution in [2.75, 3.05) is 48.6 Å². The van der Waals surface area contributed by atoms with Gasteiger partial charge in [-0.3, -0.25) is 14.5 Å². The van der Waals surface area contributed by atoms with Gasteiger partial charge < -0.3 is 4.90 Å². The van der Waals surface area contributed by atoms with Crippen LogP contribution in [0, 0.1) is 0 Å². The number of piperazine rings is 1. The number of likely N-dealkylation sites (tertiary alicyclic amines) is 1. The number of hydrogen-bond donors (Lipinski definition) is 1. The van der Waals surface area contributed by atoms with Crippen molar-refractivity contribution in [1.82, 2.24) is 14.8 Å². The lowest BCUT2D eigenvalue weighted by Crippen LogP contribution is -2.58. The van der Waals surface area contributed by atoms with Crippen molar-refractivity contribution < 1.29 is 8.42 Å². The highest BCUT2D eigenvalue weighted by Crippen LogP contribution is 2.31. The highest BCUT2D eigenvalue weighted by Gasteiger charge is 2.34. The number of piperidine rings is 1.